The van der Waals surface area contributed by atoms with Gasteiger partial charge in [0.25, 0.3) is 0 Å². The van der Waals surface area contributed by atoms with Gasteiger partial charge in [0, 0.05) is 37.0 Å². The number of aromatic hydroxyl groups is 1. The number of hydrogen-bond donors (Lipinski definition) is 5. The maximum Gasteiger partial charge on any atom is 0.239 e. The van der Waals surface area contributed by atoms with Crippen molar-refractivity contribution >= 4 is 21.7 Å². The number of fused-ring (bicyclic) bond motifs is 1. The molecule has 266 valence electrons. The summed E-state index contributed by atoms with van der Waals surface area (Å²) in [5.74, 6) is 0.326. The summed E-state index contributed by atoms with van der Waals surface area (Å²) in [5, 5.41) is 31.5. The first kappa shape index (κ1) is 37.8. The van der Waals surface area contributed by atoms with Crippen LogP contribution in [0.5, 0.6) is 5.75 Å². The molecule has 48 heavy (non-hydrogen) atoms. The van der Waals surface area contributed by atoms with Crippen LogP contribution in [0.15, 0.2) is 54.6 Å². The molecule has 2 aromatic carbocycles. The van der Waals surface area contributed by atoms with Gasteiger partial charge in [-0.05, 0) is 77.3 Å². The number of aliphatic hydroxyl groups is 1. The van der Waals surface area contributed by atoms with Gasteiger partial charge in [-0.25, -0.2) is 8.42 Å². The number of aliphatic hydroxyl groups excluding tert-OH is 1. The van der Waals surface area contributed by atoms with Gasteiger partial charge < -0.3 is 26.2 Å². The van der Waals surface area contributed by atoms with E-state index in [0.29, 0.717) is 30.4 Å². The lowest BCUT2D eigenvalue weighted by Crippen LogP contribution is -2.63. The average molecular weight is 685 g/mol. The number of benzene rings is 2. The fraction of sp³-hybridized carbons (Fsp3) is 0.622. The van der Waals surface area contributed by atoms with Gasteiger partial charge in [0.2, 0.25) is 11.8 Å². The van der Waals surface area contributed by atoms with Gasteiger partial charge in [-0.3, -0.25) is 14.5 Å². The zero-order valence-electron chi connectivity index (χ0n) is 29.4. The van der Waals surface area contributed by atoms with E-state index in [-0.39, 0.29) is 24.7 Å². The molecule has 2 fully saturated rings. The summed E-state index contributed by atoms with van der Waals surface area (Å²) in [6, 6.07) is 13.8. The van der Waals surface area contributed by atoms with E-state index < -0.39 is 50.3 Å². The van der Waals surface area contributed by atoms with Gasteiger partial charge in [-0.15, -0.1) is 0 Å². The van der Waals surface area contributed by atoms with Gasteiger partial charge in [0.1, 0.15) is 11.8 Å². The molecule has 10 nitrogen and oxygen atoms in total. The minimum absolute atomic E-state index is 0.0329. The summed E-state index contributed by atoms with van der Waals surface area (Å²) in [4.78, 5) is 29.9. The summed E-state index contributed by atoms with van der Waals surface area (Å²) in [6.45, 7) is 9.81. The topological polar surface area (TPSA) is 148 Å². The van der Waals surface area contributed by atoms with Crippen LogP contribution in [-0.4, -0.2) is 89.2 Å². The lowest BCUT2D eigenvalue weighted by molar-refractivity contribution is -0.133. The molecule has 1 heterocycles. The number of amides is 2. The number of para-hydroxylation sites is 1. The number of phenolic OH excluding ortho intramolecular Hbond substituents is 1. The first-order valence-corrected chi connectivity index (χ1v) is 19.1. The molecule has 1 saturated heterocycles. The van der Waals surface area contributed by atoms with E-state index in [1.54, 1.807) is 18.2 Å². The molecule has 2 amide bonds. The Hall–Kier alpha value is -2.99. The fourth-order valence-corrected chi connectivity index (χ4v) is 7.77. The average Bonchev–Trinajstić information content (AvgIpc) is 3.00. The zero-order chi connectivity index (χ0) is 35.3. The molecule has 6 atom stereocenters. The van der Waals surface area contributed by atoms with E-state index in [2.05, 4.69) is 20.9 Å². The van der Waals surface area contributed by atoms with E-state index in [1.807, 2.05) is 51.1 Å². The molecule has 2 aromatic rings. The fourth-order valence-electron chi connectivity index (χ4n) is 7.15. The molecule has 0 spiro atoms. The Morgan fingerprint density at radius 2 is 1.58 bits per heavy atom. The van der Waals surface area contributed by atoms with Gasteiger partial charge in [-0.2, -0.15) is 0 Å². The summed E-state index contributed by atoms with van der Waals surface area (Å²) >= 11 is 0. The Morgan fingerprint density at radius 3 is 2.21 bits per heavy atom. The second-order valence-electron chi connectivity index (χ2n) is 15.4. The minimum Gasteiger partial charge on any atom is -0.508 e. The number of nitrogens with one attached hydrogen (secondary N) is 3. The van der Waals surface area contributed by atoms with Crippen LogP contribution in [0.4, 0.5) is 0 Å². The predicted molar refractivity (Wildman–Crippen MR) is 189 cm³/mol. The molecule has 0 aromatic heterocycles. The third-order valence-electron chi connectivity index (χ3n) is 10.2. The number of nitrogens with zero attached hydrogens (tertiary/aromatic N) is 1. The van der Waals surface area contributed by atoms with Crippen LogP contribution < -0.4 is 16.0 Å². The molecule has 0 radical (unpaired) electrons. The van der Waals surface area contributed by atoms with Crippen molar-refractivity contribution in [1.82, 2.24) is 20.9 Å². The van der Waals surface area contributed by atoms with Crippen LogP contribution in [-0.2, 0) is 32.4 Å². The number of β-amino-alcohol motifs (C(OH)–C–C–N with tert-alkyl or cyclic N) is 1. The zero-order valence-corrected chi connectivity index (χ0v) is 30.2. The summed E-state index contributed by atoms with van der Waals surface area (Å²) in [5.41, 5.74) is 1.02. The Balaban J connectivity index is 1.61. The maximum absolute atomic E-state index is 14.2. The van der Waals surface area contributed by atoms with Crippen molar-refractivity contribution in [3.63, 3.8) is 0 Å². The molecule has 0 unspecified atom stereocenters. The molecule has 0 bridgehead atoms. The van der Waals surface area contributed by atoms with Crippen molar-refractivity contribution in [2.24, 2.45) is 11.8 Å². The first-order chi connectivity index (χ1) is 22.5. The third kappa shape index (κ3) is 9.80. The molecule has 11 heteroatoms. The van der Waals surface area contributed by atoms with Crippen LogP contribution >= 0.6 is 0 Å². The van der Waals surface area contributed by atoms with Crippen LogP contribution in [0.1, 0.15) is 77.8 Å². The monoisotopic (exact) mass is 684 g/mol. The number of hydrogen-bond acceptors (Lipinski definition) is 8. The maximum atomic E-state index is 14.2. The molecule has 1 saturated carbocycles. The number of phenols is 1. The van der Waals surface area contributed by atoms with E-state index in [9.17, 15) is 28.2 Å². The summed E-state index contributed by atoms with van der Waals surface area (Å²) < 4.78 is 24.5. The number of sulfone groups is 1. The van der Waals surface area contributed by atoms with E-state index in [4.69, 9.17) is 0 Å². The van der Waals surface area contributed by atoms with Crippen molar-refractivity contribution in [1.29, 1.82) is 0 Å². The molecule has 2 aliphatic rings. The molecular formula is C37H56N4O6S. The van der Waals surface area contributed by atoms with Crippen molar-refractivity contribution in [3.05, 3.63) is 65.7 Å². The highest BCUT2D eigenvalue weighted by Crippen LogP contribution is 2.39. The van der Waals surface area contributed by atoms with E-state index in [1.165, 1.54) is 26.3 Å². The third-order valence-corrected chi connectivity index (χ3v) is 12.4. The van der Waals surface area contributed by atoms with Gasteiger partial charge in [0.15, 0.2) is 9.84 Å². The first-order valence-electron chi connectivity index (χ1n) is 17.2. The lowest BCUT2D eigenvalue weighted by atomic mass is 9.72. The number of carbonyl (C=O) groups excluding carboxylic acids is 2. The number of likely N-dealkylation sites (tertiary alicyclic amines) is 1. The van der Waals surface area contributed by atoms with Gasteiger partial charge in [-0.1, -0.05) is 67.8 Å². The molecular weight excluding hydrogens is 628 g/mol. The highest BCUT2D eigenvalue weighted by Gasteiger charge is 2.45. The van der Waals surface area contributed by atoms with Crippen LogP contribution in [0.25, 0.3) is 0 Å². The second kappa shape index (κ2) is 15.7. The lowest BCUT2D eigenvalue weighted by Gasteiger charge is -2.47. The number of carbonyl (C=O) groups is 2. The van der Waals surface area contributed by atoms with Crippen LogP contribution in [0.2, 0.25) is 0 Å². The van der Waals surface area contributed by atoms with Crippen molar-refractivity contribution < 1.29 is 28.2 Å². The highest BCUT2D eigenvalue weighted by molar-refractivity contribution is 7.92. The quantitative estimate of drug-likeness (QED) is 0.215. The predicted octanol–water partition coefficient (Wildman–Crippen LogP) is 3.56. The molecule has 4 rings (SSSR count). The number of rotatable bonds is 13. The molecule has 1 aliphatic heterocycles. The molecule has 5 N–H and O–H groups in total. The summed E-state index contributed by atoms with van der Waals surface area (Å²) in [6.07, 6.45) is 5.62. The minimum atomic E-state index is -3.74. The van der Waals surface area contributed by atoms with Gasteiger partial charge >= 0.3 is 0 Å². The normalized spacial score (nSPS) is 22.6. The Bertz CT molecular complexity index is 1490. The Morgan fingerprint density at radius 1 is 0.958 bits per heavy atom. The number of piperidine rings is 1. The van der Waals surface area contributed by atoms with Crippen LogP contribution in [0.3, 0.4) is 0 Å². The van der Waals surface area contributed by atoms with Crippen molar-refractivity contribution in [3.8, 4) is 5.75 Å². The second-order valence-corrected chi connectivity index (χ2v) is 18.0. The standard InChI is InChI=1S/C37H56N4O6S/c1-36(2,3)40-34(44)30-21-26-16-10-11-18-28(26)23-41(30)24-32(43)29(20-25-14-8-7-9-15-25)39-35(45)33(37(4,5)48(6,46)47)38-22-27-17-12-13-19-31(27)42/h7-9,12-15,17,19,26,28-30,32-33,38,42-43H,10-11,16,18,20-24H2,1-6H3,(H,39,45)(H,40,44)/t26-,28+,29-,30-,32+,33+/m0/s1. The smallest absolute Gasteiger partial charge is 0.239 e. The van der Waals surface area contributed by atoms with Crippen molar-refractivity contribution in [2.75, 3.05) is 19.3 Å². The molecule has 1 aliphatic carbocycles. The van der Waals surface area contributed by atoms with Crippen molar-refractivity contribution in [2.45, 2.75) is 114 Å². The van der Waals surface area contributed by atoms with Gasteiger partial charge in [0.05, 0.1) is 22.9 Å². The van der Waals surface area contributed by atoms with E-state index in [0.717, 1.165) is 37.5 Å². The Kier molecular flexibility index (Phi) is 12.4. The summed E-state index contributed by atoms with van der Waals surface area (Å²) in [7, 11) is -3.74. The highest BCUT2D eigenvalue weighted by atomic mass is 32.2. The van der Waals surface area contributed by atoms with E-state index >= 15 is 0 Å². The Labute approximate surface area is 287 Å². The van der Waals surface area contributed by atoms with Crippen LogP contribution in [0, 0.1) is 11.8 Å². The SMILES string of the molecule is CC(C)(C)NC(=O)[C@@H]1C[C@@H]2CCCC[C@@H]2CN1C[C@@H](O)[C@H](Cc1ccccc1)NC(=O)[C@@H](NCc1ccccc1O)C(C)(C)S(C)(=O)=O. The largest absolute Gasteiger partial charge is 0.508 e.